The fourth-order valence-electron chi connectivity index (χ4n) is 2.59. The fraction of sp³-hybridized carbons (Fsp3) is 0.400. The second-order valence-corrected chi connectivity index (χ2v) is 5.30. The number of carbonyl (C=O) groups is 1. The molecule has 5 heteroatoms. The van der Waals surface area contributed by atoms with E-state index >= 15 is 0 Å². The number of amides is 1. The molecule has 1 saturated heterocycles. The van der Waals surface area contributed by atoms with Crippen LogP contribution in [0.15, 0.2) is 30.5 Å². The van der Waals surface area contributed by atoms with Gasteiger partial charge < -0.3 is 10.3 Å². The third-order valence-electron chi connectivity index (χ3n) is 3.88. The van der Waals surface area contributed by atoms with Crippen molar-refractivity contribution in [1.82, 2.24) is 21.2 Å². The highest BCUT2D eigenvalue weighted by molar-refractivity contribution is 5.82. The zero-order chi connectivity index (χ0) is 13.9. The van der Waals surface area contributed by atoms with Crippen LogP contribution in [-0.4, -0.2) is 23.0 Å². The number of hydrogen-bond donors (Lipinski definition) is 4. The lowest BCUT2D eigenvalue weighted by atomic mass is 10.1. The predicted molar refractivity (Wildman–Crippen MR) is 78.9 cm³/mol. The van der Waals surface area contributed by atoms with Crippen molar-refractivity contribution < 1.29 is 4.79 Å². The number of H-pyrrole nitrogens is 1. The van der Waals surface area contributed by atoms with Crippen LogP contribution in [0.25, 0.3) is 10.9 Å². The summed E-state index contributed by atoms with van der Waals surface area (Å²) >= 11 is 0. The zero-order valence-electron chi connectivity index (χ0n) is 11.6. The van der Waals surface area contributed by atoms with Crippen molar-refractivity contribution in [2.24, 2.45) is 0 Å². The number of fused-ring (bicyclic) bond motifs is 1. The largest absolute Gasteiger partial charge is 0.361 e. The van der Waals surface area contributed by atoms with Gasteiger partial charge in [-0.25, -0.2) is 5.43 Å². The first-order chi connectivity index (χ1) is 9.76. The van der Waals surface area contributed by atoms with Crippen LogP contribution >= 0.6 is 0 Å². The lowest BCUT2D eigenvalue weighted by Gasteiger charge is -2.10. The molecule has 1 aromatic heterocycles. The van der Waals surface area contributed by atoms with Gasteiger partial charge in [-0.2, -0.15) is 0 Å². The molecular weight excluding hydrogens is 252 g/mol. The maximum atomic E-state index is 12.1. The molecule has 1 aliphatic heterocycles. The minimum atomic E-state index is -0.129. The maximum absolute atomic E-state index is 12.1. The topological polar surface area (TPSA) is 69.0 Å². The molecular formula is C15H20N4O. The van der Waals surface area contributed by atoms with Gasteiger partial charge in [0.2, 0.25) is 5.91 Å². The average molecular weight is 272 g/mol. The van der Waals surface area contributed by atoms with E-state index in [1.807, 2.05) is 24.4 Å². The summed E-state index contributed by atoms with van der Waals surface area (Å²) in [6.07, 6.45) is 3.80. The van der Waals surface area contributed by atoms with Crippen molar-refractivity contribution >= 4 is 16.8 Å². The number of hydrazine groups is 1. The molecule has 2 heterocycles. The van der Waals surface area contributed by atoms with Crippen LogP contribution in [-0.2, 0) is 11.3 Å². The lowest BCUT2D eigenvalue weighted by Crippen LogP contribution is -2.43. The molecule has 0 bridgehead atoms. The molecule has 1 aliphatic rings. The second-order valence-electron chi connectivity index (χ2n) is 5.30. The van der Waals surface area contributed by atoms with E-state index < -0.39 is 0 Å². The van der Waals surface area contributed by atoms with Gasteiger partial charge in [-0.05, 0) is 42.0 Å². The number of aromatic amines is 1. The summed E-state index contributed by atoms with van der Waals surface area (Å²) in [5.74, 6) is 0.0580. The molecule has 20 heavy (non-hydrogen) atoms. The summed E-state index contributed by atoms with van der Waals surface area (Å²) in [4.78, 5) is 15.2. The summed E-state index contributed by atoms with van der Waals surface area (Å²) < 4.78 is 0. The Bertz CT molecular complexity index is 607. The smallest absolute Gasteiger partial charge is 0.238 e. The molecule has 106 valence electrons. The molecule has 4 N–H and O–H groups in total. The molecule has 2 unspecified atom stereocenters. The number of hydrogen-bond acceptors (Lipinski definition) is 3. The minimum absolute atomic E-state index is 0.0580. The van der Waals surface area contributed by atoms with E-state index in [9.17, 15) is 4.79 Å². The summed E-state index contributed by atoms with van der Waals surface area (Å²) in [5.41, 5.74) is 8.43. The summed E-state index contributed by atoms with van der Waals surface area (Å²) in [7, 11) is 0. The van der Waals surface area contributed by atoms with Crippen LogP contribution in [0.2, 0.25) is 0 Å². The Balaban J connectivity index is 1.57. The van der Waals surface area contributed by atoms with Gasteiger partial charge in [0.25, 0.3) is 0 Å². The molecule has 0 spiro atoms. The first-order valence-electron chi connectivity index (χ1n) is 7.11. The van der Waals surface area contributed by atoms with E-state index in [4.69, 9.17) is 0 Å². The summed E-state index contributed by atoms with van der Waals surface area (Å²) in [5, 5.41) is 4.16. The van der Waals surface area contributed by atoms with Crippen molar-refractivity contribution in [1.29, 1.82) is 0 Å². The molecule has 0 radical (unpaired) electrons. The minimum Gasteiger partial charge on any atom is -0.361 e. The van der Waals surface area contributed by atoms with Crippen molar-refractivity contribution in [2.75, 3.05) is 0 Å². The van der Waals surface area contributed by atoms with Crippen LogP contribution in [0.5, 0.6) is 0 Å². The van der Waals surface area contributed by atoms with Gasteiger partial charge in [0.15, 0.2) is 0 Å². The highest BCUT2D eigenvalue weighted by Gasteiger charge is 2.27. The van der Waals surface area contributed by atoms with E-state index in [1.165, 1.54) is 5.39 Å². The quantitative estimate of drug-likeness (QED) is 0.680. The normalized spacial score (nSPS) is 22.2. The standard InChI is InChI=1S/C15H20N4O/c1-2-12-8-14(19-18-12)15(20)17-9-10-3-4-13-11(7-10)5-6-16-13/h3-7,12,14,16,18-19H,2,8-9H2,1H3,(H,17,20). The van der Waals surface area contributed by atoms with Crippen LogP contribution in [0, 0.1) is 0 Å². The SMILES string of the molecule is CCC1CC(C(=O)NCc2ccc3[nH]ccc3c2)NN1. The number of aromatic nitrogens is 1. The van der Waals surface area contributed by atoms with Crippen molar-refractivity contribution in [2.45, 2.75) is 38.4 Å². The van der Waals surface area contributed by atoms with Crippen molar-refractivity contribution in [3.63, 3.8) is 0 Å². The van der Waals surface area contributed by atoms with Gasteiger partial charge in [0, 0.05) is 24.3 Å². The molecule has 3 rings (SSSR count). The Kier molecular flexibility index (Phi) is 3.71. The molecule has 1 amide bonds. The first-order valence-corrected chi connectivity index (χ1v) is 7.11. The highest BCUT2D eigenvalue weighted by Crippen LogP contribution is 2.14. The molecule has 0 saturated carbocycles. The highest BCUT2D eigenvalue weighted by atomic mass is 16.2. The zero-order valence-corrected chi connectivity index (χ0v) is 11.6. The van der Waals surface area contributed by atoms with Gasteiger partial charge in [0.1, 0.15) is 6.04 Å². The van der Waals surface area contributed by atoms with Crippen LogP contribution < -0.4 is 16.2 Å². The third-order valence-corrected chi connectivity index (χ3v) is 3.88. The Morgan fingerprint density at radius 3 is 3.05 bits per heavy atom. The van der Waals surface area contributed by atoms with Gasteiger partial charge in [0.05, 0.1) is 0 Å². The summed E-state index contributed by atoms with van der Waals surface area (Å²) in [6.45, 7) is 2.68. The monoisotopic (exact) mass is 272 g/mol. The predicted octanol–water partition coefficient (Wildman–Crippen LogP) is 1.43. The fourth-order valence-corrected chi connectivity index (χ4v) is 2.59. The number of nitrogens with one attached hydrogen (secondary N) is 4. The molecule has 2 aromatic rings. The van der Waals surface area contributed by atoms with Crippen LogP contribution in [0.1, 0.15) is 25.3 Å². The first kappa shape index (κ1) is 13.1. The van der Waals surface area contributed by atoms with E-state index in [2.05, 4.69) is 34.1 Å². The molecule has 5 nitrogen and oxygen atoms in total. The van der Waals surface area contributed by atoms with E-state index in [0.717, 1.165) is 23.9 Å². The molecule has 0 aliphatic carbocycles. The molecule has 1 aromatic carbocycles. The number of carbonyl (C=O) groups excluding carboxylic acids is 1. The van der Waals surface area contributed by atoms with Gasteiger partial charge >= 0.3 is 0 Å². The van der Waals surface area contributed by atoms with Crippen LogP contribution in [0.3, 0.4) is 0 Å². The Morgan fingerprint density at radius 2 is 2.25 bits per heavy atom. The summed E-state index contributed by atoms with van der Waals surface area (Å²) in [6, 6.07) is 8.47. The second kappa shape index (κ2) is 5.64. The van der Waals surface area contributed by atoms with E-state index in [0.29, 0.717) is 12.6 Å². The van der Waals surface area contributed by atoms with Crippen molar-refractivity contribution in [3.05, 3.63) is 36.0 Å². The van der Waals surface area contributed by atoms with Gasteiger partial charge in [-0.3, -0.25) is 10.2 Å². The van der Waals surface area contributed by atoms with Gasteiger partial charge in [-0.1, -0.05) is 13.0 Å². The van der Waals surface area contributed by atoms with Crippen molar-refractivity contribution in [3.8, 4) is 0 Å². The number of rotatable bonds is 4. The van der Waals surface area contributed by atoms with Gasteiger partial charge in [-0.15, -0.1) is 0 Å². The molecule has 2 atom stereocenters. The molecule has 1 fully saturated rings. The Hall–Kier alpha value is -1.85. The lowest BCUT2D eigenvalue weighted by molar-refractivity contribution is -0.123. The van der Waals surface area contributed by atoms with Crippen LogP contribution in [0.4, 0.5) is 0 Å². The Labute approximate surface area is 118 Å². The third kappa shape index (κ3) is 2.69. The number of benzene rings is 1. The van der Waals surface area contributed by atoms with E-state index in [1.54, 1.807) is 0 Å². The Morgan fingerprint density at radius 1 is 1.35 bits per heavy atom. The average Bonchev–Trinajstić information content (AvgIpc) is 3.12. The van der Waals surface area contributed by atoms with E-state index in [-0.39, 0.29) is 11.9 Å². The maximum Gasteiger partial charge on any atom is 0.238 e.